The van der Waals surface area contributed by atoms with Crippen molar-refractivity contribution in [1.82, 2.24) is 4.31 Å². The van der Waals surface area contributed by atoms with Crippen molar-refractivity contribution in [3.05, 3.63) is 28.2 Å². The first-order chi connectivity index (χ1) is 8.32. The van der Waals surface area contributed by atoms with Crippen LogP contribution in [0.25, 0.3) is 0 Å². The molecular formula is C13H18BrNO2S. The molecular weight excluding hydrogens is 314 g/mol. The zero-order valence-electron chi connectivity index (χ0n) is 10.9. The Kier molecular flexibility index (Phi) is 3.85. The molecule has 1 aliphatic rings. The third-order valence-corrected chi connectivity index (χ3v) is 6.31. The first-order valence-corrected chi connectivity index (χ1v) is 8.28. The summed E-state index contributed by atoms with van der Waals surface area (Å²) >= 11 is 3.38. The Labute approximate surface area is 117 Å². The van der Waals surface area contributed by atoms with Crippen LogP contribution in [-0.2, 0) is 10.0 Å². The van der Waals surface area contributed by atoms with E-state index in [0.29, 0.717) is 23.3 Å². The van der Waals surface area contributed by atoms with E-state index in [2.05, 4.69) is 22.9 Å². The van der Waals surface area contributed by atoms with Crippen LogP contribution in [0.2, 0.25) is 0 Å². The van der Waals surface area contributed by atoms with E-state index in [1.165, 1.54) is 4.31 Å². The van der Waals surface area contributed by atoms with Gasteiger partial charge in [0.15, 0.2) is 0 Å². The molecule has 0 bridgehead atoms. The molecule has 2 atom stereocenters. The molecule has 0 spiro atoms. The van der Waals surface area contributed by atoms with Gasteiger partial charge in [-0.1, -0.05) is 22.9 Å². The van der Waals surface area contributed by atoms with Crippen molar-refractivity contribution >= 4 is 26.0 Å². The van der Waals surface area contributed by atoms with Crippen LogP contribution >= 0.6 is 15.9 Å². The fraction of sp³-hybridized carbons (Fsp3) is 0.538. The largest absolute Gasteiger partial charge is 0.242 e. The van der Waals surface area contributed by atoms with Gasteiger partial charge in [-0.25, -0.2) is 12.7 Å². The van der Waals surface area contributed by atoms with Gasteiger partial charge >= 0.3 is 0 Å². The highest BCUT2D eigenvalue weighted by Crippen LogP contribution is 2.38. The second-order valence-electron chi connectivity index (χ2n) is 5.17. The summed E-state index contributed by atoms with van der Waals surface area (Å²) in [4.78, 5) is 0.374. The number of benzene rings is 1. The van der Waals surface area contributed by atoms with E-state index in [-0.39, 0.29) is 0 Å². The summed E-state index contributed by atoms with van der Waals surface area (Å²) in [5.41, 5.74) is 0.935. The van der Waals surface area contributed by atoms with Crippen molar-refractivity contribution in [2.24, 2.45) is 11.8 Å². The third kappa shape index (κ3) is 2.78. The summed E-state index contributed by atoms with van der Waals surface area (Å²) < 4.78 is 27.2. The summed E-state index contributed by atoms with van der Waals surface area (Å²) in [6.45, 7) is 4.68. The van der Waals surface area contributed by atoms with Gasteiger partial charge in [-0.2, -0.15) is 0 Å². The molecule has 0 aromatic heterocycles. The highest BCUT2D eigenvalue weighted by molar-refractivity contribution is 9.10. The van der Waals surface area contributed by atoms with Crippen LogP contribution in [0.3, 0.4) is 0 Å². The summed E-state index contributed by atoms with van der Waals surface area (Å²) in [5, 5.41) is 0. The molecule has 1 aromatic carbocycles. The highest BCUT2D eigenvalue weighted by atomic mass is 79.9. The van der Waals surface area contributed by atoms with E-state index in [0.717, 1.165) is 16.5 Å². The highest BCUT2D eigenvalue weighted by Gasteiger charge is 2.36. The van der Waals surface area contributed by atoms with Crippen LogP contribution in [0.1, 0.15) is 18.9 Å². The SMILES string of the molecule is Cc1cc(S(=O)(=O)N(C)CC2CC2C)ccc1Br. The molecule has 0 heterocycles. The van der Waals surface area contributed by atoms with E-state index >= 15 is 0 Å². The first-order valence-electron chi connectivity index (χ1n) is 6.05. The maximum atomic E-state index is 12.4. The van der Waals surface area contributed by atoms with E-state index in [9.17, 15) is 8.42 Å². The molecule has 2 unspecified atom stereocenters. The van der Waals surface area contributed by atoms with E-state index in [1.807, 2.05) is 6.92 Å². The van der Waals surface area contributed by atoms with E-state index < -0.39 is 10.0 Å². The number of sulfonamides is 1. The Morgan fingerprint density at radius 3 is 2.56 bits per heavy atom. The number of halogens is 1. The molecule has 18 heavy (non-hydrogen) atoms. The molecule has 100 valence electrons. The second kappa shape index (κ2) is 4.94. The standard InChI is InChI=1S/C13H18BrNO2S/c1-9-6-11(9)8-15(3)18(16,17)12-4-5-13(14)10(2)7-12/h4-5,7,9,11H,6,8H2,1-3H3. The molecule has 1 saturated carbocycles. The predicted octanol–water partition coefficient (Wildman–Crippen LogP) is 3.03. The molecule has 1 aliphatic carbocycles. The quantitative estimate of drug-likeness (QED) is 0.850. The van der Waals surface area contributed by atoms with E-state index in [1.54, 1.807) is 25.2 Å². The monoisotopic (exact) mass is 331 g/mol. The Hall–Kier alpha value is -0.390. The van der Waals surface area contributed by atoms with Gasteiger partial charge in [0.1, 0.15) is 0 Å². The topological polar surface area (TPSA) is 37.4 Å². The number of rotatable bonds is 4. The fourth-order valence-corrected chi connectivity index (χ4v) is 3.60. The summed E-state index contributed by atoms with van der Waals surface area (Å²) in [5.74, 6) is 1.19. The normalized spacial score (nSPS) is 23.4. The zero-order valence-corrected chi connectivity index (χ0v) is 13.3. The maximum absolute atomic E-state index is 12.4. The number of hydrogen-bond donors (Lipinski definition) is 0. The Morgan fingerprint density at radius 1 is 1.44 bits per heavy atom. The van der Waals surface area contributed by atoms with Crippen LogP contribution in [0.5, 0.6) is 0 Å². The molecule has 0 N–H and O–H groups in total. The van der Waals surface area contributed by atoms with Crippen molar-refractivity contribution in [1.29, 1.82) is 0 Å². The lowest BCUT2D eigenvalue weighted by molar-refractivity contribution is 0.444. The van der Waals surface area contributed by atoms with Crippen molar-refractivity contribution < 1.29 is 8.42 Å². The van der Waals surface area contributed by atoms with Gasteiger partial charge in [0, 0.05) is 18.1 Å². The maximum Gasteiger partial charge on any atom is 0.242 e. The molecule has 0 amide bonds. The van der Waals surface area contributed by atoms with Crippen LogP contribution in [0.4, 0.5) is 0 Å². The van der Waals surface area contributed by atoms with Gasteiger partial charge in [0.25, 0.3) is 0 Å². The van der Waals surface area contributed by atoms with Crippen molar-refractivity contribution in [2.75, 3.05) is 13.6 Å². The van der Waals surface area contributed by atoms with Crippen molar-refractivity contribution in [3.8, 4) is 0 Å². The van der Waals surface area contributed by atoms with Crippen molar-refractivity contribution in [2.45, 2.75) is 25.2 Å². The molecule has 1 aromatic rings. The average molecular weight is 332 g/mol. The molecule has 0 aliphatic heterocycles. The number of aryl methyl sites for hydroxylation is 1. The summed E-state index contributed by atoms with van der Waals surface area (Å²) in [6.07, 6.45) is 1.14. The number of nitrogens with zero attached hydrogens (tertiary/aromatic N) is 1. The van der Waals surface area contributed by atoms with E-state index in [4.69, 9.17) is 0 Å². The number of hydrogen-bond acceptors (Lipinski definition) is 2. The van der Waals surface area contributed by atoms with Gasteiger partial charge in [0.2, 0.25) is 10.0 Å². The first kappa shape index (κ1) is 14.0. The van der Waals surface area contributed by atoms with Crippen LogP contribution in [0.15, 0.2) is 27.6 Å². The van der Waals surface area contributed by atoms with Gasteiger partial charge < -0.3 is 0 Å². The molecule has 0 saturated heterocycles. The second-order valence-corrected chi connectivity index (χ2v) is 8.07. The molecule has 1 fully saturated rings. The van der Waals surface area contributed by atoms with Crippen LogP contribution < -0.4 is 0 Å². The van der Waals surface area contributed by atoms with Crippen LogP contribution in [-0.4, -0.2) is 26.3 Å². The van der Waals surface area contributed by atoms with Crippen LogP contribution in [0, 0.1) is 18.8 Å². The zero-order chi connectivity index (χ0) is 13.5. The Morgan fingerprint density at radius 2 is 2.06 bits per heavy atom. The third-order valence-electron chi connectivity index (χ3n) is 3.61. The lowest BCUT2D eigenvalue weighted by Crippen LogP contribution is -2.29. The predicted molar refractivity (Wildman–Crippen MR) is 76.0 cm³/mol. The summed E-state index contributed by atoms with van der Waals surface area (Å²) in [6, 6.07) is 5.15. The lowest BCUT2D eigenvalue weighted by Gasteiger charge is -2.17. The molecule has 2 rings (SSSR count). The Balaban J connectivity index is 2.21. The Bertz CT molecular complexity index is 556. The molecule has 3 nitrogen and oxygen atoms in total. The fourth-order valence-electron chi connectivity index (χ4n) is 2.04. The van der Waals surface area contributed by atoms with Crippen molar-refractivity contribution in [3.63, 3.8) is 0 Å². The summed E-state index contributed by atoms with van der Waals surface area (Å²) in [7, 11) is -1.68. The van der Waals surface area contributed by atoms with Gasteiger partial charge in [-0.15, -0.1) is 0 Å². The van der Waals surface area contributed by atoms with Gasteiger partial charge in [-0.05, 0) is 48.9 Å². The average Bonchev–Trinajstić information content (AvgIpc) is 2.98. The molecule has 0 radical (unpaired) electrons. The van der Waals surface area contributed by atoms with Gasteiger partial charge in [0.05, 0.1) is 4.90 Å². The minimum atomic E-state index is -3.34. The van der Waals surface area contributed by atoms with Gasteiger partial charge in [-0.3, -0.25) is 0 Å². The molecule has 5 heteroatoms. The minimum Gasteiger partial charge on any atom is -0.207 e. The lowest BCUT2D eigenvalue weighted by atomic mass is 10.2. The smallest absolute Gasteiger partial charge is 0.207 e. The minimum absolute atomic E-state index is 0.374.